The first-order valence-electron chi connectivity index (χ1n) is 12.1. The van der Waals surface area contributed by atoms with Gasteiger partial charge in [0.2, 0.25) is 5.91 Å². The van der Waals surface area contributed by atoms with Crippen LogP contribution in [0, 0.1) is 5.92 Å². The van der Waals surface area contributed by atoms with Crippen LogP contribution in [0.3, 0.4) is 0 Å². The molecule has 3 aliphatic heterocycles. The number of hydrogen-bond donors (Lipinski definition) is 0. The minimum absolute atomic E-state index is 0.142. The number of rotatable bonds is 6. The maximum absolute atomic E-state index is 12.8. The lowest BCUT2D eigenvalue weighted by molar-refractivity contribution is -0.169. The molecule has 1 spiro atoms. The second-order valence-corrected chi connectivity index (χ2v) is 10.6. The Morgan fingerprint density at radius 1 is 1.06 bits per heavy atom. The van der Waals surface area contributed by atoms with Gasteiger partial charge in [0.25, 0.3) is 0 Å². The molecular weight excluding hydrogens is 472 g/mol. The molecule has 0 atom stereocenters. The summed E-state index contributed by atoms with van der Waals surface area (Å²) in [5, 5.41) is 0.943. The van der Waals surface area contributed by atoms with Gasteiger partial charge < -0.3 is 19.3 Å². The molecule has 0 unspecified atom stereocenters. The highest BCUT2D eigenvalue weighted by atomic mass is 35.5. The molecule has 3 fully saturated rings. The summed E-state index contributed by atoms with van der Waals surface area (Å²) in [6, 6.07) is 12.4. The molecule has 182 valence electrons. The predicted octanol–water partition coefficient (Wildman–Crippen LogP) is 4.05. The maximum atomic E-state index is 12.8. The Morgan fingerprint density at radius 3 is 2.47 bits per heavy atom. The van der Waals surface area contributed by atoms with E-state index in [4.69, 9.17) is 21.1 Å². The molecule has 0 radical (unpaired) electrons. The van der Waals surface area contributed by atoms with Gasteiger partial charge in [-0.05, 0) is 30.7 Å². The predicted molar refractivity (Wildman–Crippen MR) is 133 cm³/mol. The van der Waals surface area contributed by atoms with E-state index in [2.05, 4.69) is 45.2 Å². The minimum Gasteiger partial charge on any atom is -0.356 e. The molecule has 5 rings (SSSR count). The summed E-state index contributed by atoms with van der Waals surface area (Å²) in [7, 11) is 0. The van der Waals surface area contributed by atoms with E-state index in [0.717, 1.165) is 64.1 Å². The number of halogens is 1. The van der Waals surface area contributed by atoms with Gasteiger partial charge in [0.05, 0.1) is 19.0 Å². The highest BCUT2D eigenvalue weighted by molar-refractivity contribution is 7.99. The second-order valence-electron chi connectivity index (χ2n) is 9.23. The lowest BCUT2D eigenvalue weighted by Crippen LogP contribution is -2.45. The van der Waals surface area contributed by atoms with Crippen LogP contribution < -0.4 is 4.90 Å². The van der Waals surface area contributed by atoms with E-state index < -0.39 is 5.79 Å². The summed E-state index contributed by atoms with van der Waals surface area (Å²) in [6.45, 7) is 4.54. The van der Waals surface area contributed by atoms with Crippen LogP contribution in [0.2, 0.25) is 5.15 Å². The molecule has 0 aliphatic carbocycles. The van der Waals surface area contributed by atoms with Crippen molar-refractivity contribution in [2.45, 2.75) is 43.0 Å². The molecule has 1 aromatic heterocycles. The zero-order valence-corrected chi connectivity index (χ0v) is 20.9. The van der Waals surface area contributed by atoms with Crippen LogP contribution in [0.15, 0.2) is 41.6 Å². The van der Waals surface area contributed by atoms with Gasteiger partial charge in [-0.3, -0.25) is 4.79 Å². The van der Waals surface area contributed by atoms with Gasteiger partial charge in [-0.25, -0.2) is 9.97 Å². The van der Waals surface area contributed by atoms with E-state index in [1.807, 2.05) is 4.90 Å². The van der Waals surface area contributed by atoms with E-state index in [9.17, 15) is 4.79 Å². The fraction of sp³-hybridized carbons (Fsp3) is 0.560. The molecule has 1 amide bonds. The number of carbonyl (C=O) groups is 1. The number of thioether (sulfide) groups is 1. The largest absolute Gasteiger partial charge is 0.356 e. The minimum atomic E-state index is -0.425. The molecule has 1 aromatic carbocycles. The van der Waals surface area contributed by atoms with Gasteiger partial charge in [0, 0.05) is 45.1 Å². The monoisotopic (exact) mass is 502 g/mol. The SMILES string of the molecule is O=C(CSc1nc(Cl)cc(N2CCC3(CC2)OCCO3)n1)N1CCC(Cc2ccccc2)CC1. The van der Waals surface area contributed by atoms with Crippen LogP contribution in [0.4, 0.5) is 5.82 Å². The molecule has 34 heavy (non-hydrogen) atoms. The number of hydrogen-bond acceptors (Lipinski definition) is 7. The fourth-order valence-corrected chi connectivity index (χ4v) is 6.01. The molecule has 0 N–H and O–H groups in total. The Balaban J connectivity index is 1.11. The van der Waals surface area contributed by atoms with E-state index in [1.54, 1.807) is 6.07 Å². The highest BCUT2D eigenvalue weighted by Crippen LogP contribution is 2.33. The highest BCUT2D eigenvalue weighted by Gasteiger charge is 2.40. The number of amides is 1. The fourth-order valence-electron chi connectivity index (χ4n) is 5.03. The first kappa shape index (κ1) is 23.9. The summed E-state index contributed by atoms with van der Waals surface area (Å²) in [5.74, 6) is 1.48. The summed E-state index contributed by atoms with van der Waals surface area (Å²) >= 11 is 7.66. The van der Waals surface area contributed by atoms with E-state index in [1.165, 1.54) is 17.3 Å². The average Bonchev–Trinajstić information content (AvgIpc) is 3.31. The number of aromatic nitrogens is 2. The first-order chi connectivity index (χ1) is 16.6. The third kappa shape index (κ3) is 5.85. The lowest BCUT2D eigenvalue weighted by Gasteiger charge is -2.38. The molecule has 3 saturated heterocycles. The van der Waals surface area contributed by atoms with Crippen LogP contribution in [-0.2, 0) is 20.7 Å². The molecule has 4 heterocycles. The van der Waals surface area contributed by atoms with Crippen molar-refractivity contribution in [2.75, 3.05) is 50.0 Å². The number of benzene rings is 1. The number of nitrogens with zero attached hydrogens (tertiary/aromatic N) is 4. The van der Waals surface area contributed by atoms with Crippen LogP contribution in [0.1, 0.15) is 31.2 Å². The normalized spacial score (nSPS) is 20.7. The summed E-state index contributed by atoms with van der Waals surface area (Å²) in [4.78, 5) is 26.0. The van der Waals surface area contributed by atoms with Gasteiger partial charge in [0.1, 0.15) is 11.0 Å². The van der Waals surface area contributed by atoms with Gasteiger partial charge in [-0.2, -0.15) is 0 Å². The zero-order valence-electron chi connectivity index (χ0n) is 19.3. The van der Waals surface area contributed by atoms with Gasteiger partial charge in [-0.1, -0.05) is 53.7 Å². The van der Waals surface area contributed by atoms with Crippen molar-refractivity contribution in [1.29, 1.82) is 0 Å². The number of anilines is 1. The number of carbonyl (C=O) groups excluding carboxylic acids is 1. The molecule has 0 bridgehead atoms. The molecule has 2 aromatic rings. The van der Waals surface area contributed by atoms with Crippen molar-refractivity contribution >= 4 is 35.1 Å². The van der Waals surface area contributed by atoms with Gasteiger partial charge >= 0.3 is 0 Å². The number of ether oxygens (including phenoxy) is 2. The Bertz CT molecular complexity index is 971. The van der Waals surface area contributed by atoms with Crippen LogP contribution in [0.5, 0.6) is 0 Å². The average molecular weight is 503 g/mol. The summed E-state index contributed by atoms with van der Waals surface area (Å²) < 4.78 is 11.6. The van der Waals surface area contributed by atoms with E-state index >= 15 is 0 Å². The van der Waals surface area contributed by atoms with Gasteiger partial charge in [-0.15, -0.1) is 0 Å². The molecule has 0 saturated carbocycles. The standard InChI is InChI=1S/C25H31ClN4O3S/c26-21-17-22(29-12-8-25(9-13-29)32-14-15-33-25)28-24(27-21)34-18-23(31)30-10-6-20(7-11-30)16-19-4-2-1-3-5-19/h1-5,17,20H,6-16,18H2. The van der Waals surface area contributed by atoms with Crippen molar-refractivity contribution in [3.63, 3.8) is 0 Å². The Morgan fingerprint density at radius 2 is 1.76 bits per heavy atom. The topological polar surface area (TPSA) is 67.8 Å². The van der Waals surface area contributed by atoms with Crippen molar-refractivity contribution in [3.8, 4) is 0 Å². The molecule has 9 heteroatoms. The van der Waals surface area contributed by atoms with Crippen molar-refractivity contribution in [1.82, 2.24) is 14.9 Å². The van der Waals surface area contributed by atoms with Crippen molar-refractivity contribution in [2.24, 2.45) is 5.92 Å². The van der Waals surface area contributed by atoms with Gasteiger partial charge in [0.15, 0.2) is 10.9 Å². The van der Waals surface area contributed by atoms with E-state index in [0.29, 0.717) is 35.2 Å². The Kier molecular flexibility index (Phi) is 7.58. The summed E-state index contributed by atoms with van der Waals surface area (Å²) in [6.07, 6.45) is 4.79. The third-order valence-electron chi connectivity index (χ3n) is 6.98. The molecular formula is C25H31ClN4O3S. The molecule has 7 nitrogen and oxygen atoms in total. The second kappa shape index (κ2) is 10.8. The third-order valence-corrected chi connectivity index (χ3v) is 8.01. The lowest BCUT2D eigenvalue weighted by atomic mass is 9.90. The number of likely N-dealkylation sites (tertiary alicyclic amines) is 1. The first-order valence-corrected chi connectivity index (χ1v) is 13.5. The Labute approximate surface area is 210 Å². The van der Waals surface area contributed by atoms with Crippen LogP contribution in [0.25, 0.3) is 0 Å². The van der Waals surface area contributed by atoms with E-state index in [-0.39, 0.29) is 5.91 Å². The van der Waals surface area contributed by atoms with Crippen LogP contribution in [-0.4, -0.2) is 71.7 Å². The van der Waals surface area contributed by atoms with Crippen molar-refractivity contribution < 1.29 is 14.3 Å². The number of piperidine rings is 2. The molecule has 3 aliphatic rings. The van der Waals surface area contributed by atoms with Crippen molar-refractivity contribution in [3.05, 3.63) is 47.1 Å². The Hall–Kier alpha value is -1.87. The quantitative estimate of drug-likeness (QED) is 0.335. The van der Waals surface area contributed by atoms with Crippen LogP contribution >= 0.6 is 23.4 Å². The summed E-state index contributed by atoms with van der Waals surface area (Å²) in [5.41, 5.74) is 1.38. The smallest absolute Gasteiger partial charge is 0.233 e. The zero-order chi connectivity index (χ0) is 23.4. The maximum Gasteiger partial charge on any atom is 0.233 e.